The van der Waals surface area contributed by atoms with Gasteiger partial charge >= 0.3 is 0 Å². The molecule has 0 spiro atoms. The van der Waals surface area contributed by atoms with Gasteiger partial charge in [0.05, 0.1) is 17.1 Å². The van der Waals surface area contributed by atoms with E-state index in [-0.39, 0.29) is 24.4 Å². The van der Waals surface area contributed by atoms with Gasteiger partial charge in [-0.05, 0) is 31.9 Å². The lowest BCUT2D eigenvalue weighted by Gasteiger charge is -2.31. The summed E-state index contributed by atoms with van der Waals surface area (Å²) in [5.41, 5.74) is 1.76. The minimum absolute atomic E-state index is 0.0938. The number of rotatable bonds is 5. The van der Waals surface area contributed by atoms with Gasteiger partial charge in [0.25, 0.3) is 0 Å². The quantitative estimate of drug-likeness (QED) is 0.895. The van der Waals surface area contributed by atoms with Gasteiger partial charge in [-0.1, -0.05) is 31.4 Å². The molecule has 0 aliphatic heterocycles. The Hall–Kier alpha value is -2.37. The van der Waals surface area contributed by atoms with Gasteiger partial charge in [-0.2, -0.15) is 0 Å². The zero-order valence-electron chi connectivity index (χ0n) is 15.9. The fourth-order valence-corrected chi connectivity index (χ4v) is 3.88. The first-order valence-corrected chi connectivity index (χ1v) is 9.45. The number of benzene rings is 1. The summed E-state index contributed by atoms with van der Waals surface area (Å²) < 4.78 is 1.94. The van der Waals surface area contributed by atoms with Crippen molar-refractivity contribution in [1.82, 2.24) is 19.8 Å². The molecular weight excluding hydrogens is 328 g/mol. The largest absolute Gasteiger partial charge is 0.347 e. The van der Waals surface area contributed by atoms with Crippen LogP contribution in [0.3, 0.4) is 0 Å². The standard InChI is InChI=1S/C20H28N4O2/c1-14(21-15(2)25)20-22-17-11-7-8-12-18(17)24(20)13-19(26)23(3)16-9-5-4-6-10-16/h7-8,11-12,14,16H,4-6,9-10,13H2,1-3H3,(H,21,25). The Morgan fingerprint density at radius 1 is 1.27 bits per heavy atom. The third kappa shape index (κ3) is 3.89. The zero-order chi connectivity index (χ0) is 18.7. The first-order valence-electron chi connectivity index (χ1n) is 9.45. The second kappa shape index (κ2) is 7.89. The molecule has 1 aromatic carbocycles. The second-order valence-corrected chi connectivity index (χ2v) is 7.26. The van der Waals surface area contributed by atoms with Crippen molar-refractivity contribution in [3.8, 4) is 0 Å². The Labute approximate surface area is 154 Å². The Bertz CT molecular complexity index is 792. The summed E-state index contributed by atoms with van der Waals surface area (Å²) >= 11 is 0. The predicted octanol–water partition coefficient (Wildman–Crippen LogP) is 3.02. The Morgan fingerprint density at radius 2 is 1.96 bits per heavy atom. The first kappa shape index (κ1) is 18.4. The molecule has 0 saturated heterocycles. The van der Waals surface area contributed by atoms with Gasteiger partial charge in [-0.25, -0.2) is 4.98 Å². The van der Waals surface area contributed by atoms with Crippen molar-refractivity contribution in [2.75, 3.05) is 7.05 Å². The normalized spacial score (nSPS) is 16.4. The number of hydrogen-bond donors (Lipinski definition) is 1. The smallest absolute Gasteiger partial charge is 0.242 e. The lowest BCUT2D eigenvalue weighted by atomic mass is 9.94. The summed E-state index contributed by atoms with van der Waals surface area (Å²) in [6, 6.07) is 7.87. The van der Waals surface area contributed by atoms with Crippen LogP contribution in [-0.2, 0) is 16.1 Å². The highest BCUT2D eigenvalue weighted by Gasteiger charge is 2.24. The van der Waals surface area contributed by atoms with Crippen LogP contribution in [0, 0.1) is 0 Å². The molecule has 1 heterocycles. The van der Waals surface area contributed by atoms with Crippen molar-refractivity contribution in [3.05, 3.63) is 30.1 Å². The van der Waals surface area contributed by atoms with E-state index in [2.05, 4.69) is 10.3 Å². The molecule has 0 radical (unpaired) electrons. The summed E-state index contributed by atoms with van der Waals surface area (Å²) in [6.45, 7) is 3.63. The second-order valence-electron chi connectivity index (χ2n) is 7.26. The van der Waals surface area contributed by atoms with Crippen LogP contribution in [0.5, 0.6) is 0 Å². The van der Waals surface area contributed by atoms with Crippen molar-refractivity contribution >= 4 is 22.8 Å². The molecule has 2 aromatic rings. The third-order valence-electron chi connectivity index (χ3n) is 5.30. The van der Waals surface area contributed by atoms with Crippen LogP contribution in [0.4, 0.5) is 0 Å². The van der Waals surface area contributed by atoms with Crippen molar-refractivity contribution in [2.45, 2.75) is 64.6 Å². The highest BCUT2D eigenvalue weighted by atomic mass is 16.2. The van der Waals surface area contributed by atoms with Crippen molar-refractivity contribution in [1.29, 1.82) is 0 Å². The van der Waals surface area contributed by atoms with E-state index >= 15 is 0 Å². The molecule has 1 atom stereocenters. The summed E-state index contributed by atoms with van der Waals surface area (Å²) in [4.78, 5) is 31.0. The van der Waals surface area contributed by atoms with E-state index in [1.54, 1.807) is 0 Å². The van der Waals surface area contributed by atoms with Crippen molar-refractivity contribution < 1.29 is 9.59 Å². The Balaban J connectivity index is 1.87. The van der Waals surface area contributed by atoms with E-state index < -0.39 is 0 Å². The number of hydrogen-bond acceptors (Lipinski definition) is 3. The average Bonchev–Trinajstić information content (AvgIpc) is 3.00. The lowest BCUT2D eigenvalue weighted by molar-refractivity contribution is -0.133. The number of amides is 2. The summed E-state index contributed by atoms with van der Waals surface area (Å²) in [7, 11) is 1.91. The molecule has 140 valence electrons. The molecular formula is C20H28N4O2. The van der Waals surface area contributed by atoms with Gasteiger partial charge in [0.1, 0.15) is 12.4 Å². The lowest BCUT2D eigenvalue weighted by Crippen LogP contribution is -2.40. The van der Waals surface area contributed by atoms with E-state index in [0.29, 0.717) is 11.9 Å². The number of para-hydroxylation sites is 2. The SMILES string of the molecule is CC(=O)NC(C)c1nc2ccccc2n1CC(=O)N(C)C1CCCCC1. The number of carbonyl (C=O) groups excluding carboxylic acids is 2. The number of likely N-dealkylation sites (N-methyl/N-ethyl adjacent to an activating group) is 1. The molecule has 1 aromatic heterocycles. The van der Waals surface area contributed by atoms with E-state index in [1.165, 1.54) is 26.2 Å². The Kier molecular flexibility index (Phi) is 5.59. The molecule has 6 nitrogen and oxygen atoms in total. The summed E-state index contributed by atoms with van der Waals surface area (Å²) in [5.74, 6) is 0.699. The van der Waals surface area contributed by atoms with Crippen LogP contribution in [0.1, 0.15) is 57.8 Å². The van der Waals surface area contributed by atoms with Gasteiger partial charge in [-0.3, -0.25) is 9.59 Å². The molecule has 1 fully saturated rings. The summed E-state index contributed by atoms with van der Waals surface area (Å²) in [5, 5.41) is 2.88. The molecule has 1 N–H and O–H groups in total. The third-order valence-corrected chi connectivity index (χ3v) is 5.30. The number of nitrogens with one attached hydrogen (secondary N) is 1. The maximum absolute atomic E-state index is 12.9. The van der Waals surface area contributed by atoms with Crippen LogP contribution in [0.2, 0.25) is 0 Å². The fourth-order valence-electron chi connectivity index (χ4n) is 3.88. The molecule has 1 unspecified atom stereocenters. The highest BCUT2D eigenvalue weighted by molar-refractivity contribution is 5.81. The van der Waals surface area contributed by atoms with Crippen molar-refractivity contribution in [2.24, 2.45) is 0 Å². The fraction of sp³-hybridized carbons (Fsp3) is 0.550. The van der Waals surface area contributed by atoms with E-state index in [4.69, 9.17) is 0 Å². The maximum atomic E-state index is 12.9. The topological polar surface area (TPSA) is 67.2 Å². The molecule has 1 aliphatic carbocycles. The molecule has 1 saturated carbocycles. The van der Waals surface area contributed by atoms with Crippen LogP contribution >= 0.6 is 0 Å². The highest BCUT2D eigenvalue weighted by Crippen LogP contribution is 2.24. The number of carbonyl (C=O) groups is 2. The number of aromatic nitrogens is 2. The van der Waals surface area contributed by atoms with Gasteiger partial charge in [0.15, 0.2) is 0 Å². The number of nitrogens with zero attached hydrogens (tertiary/aromatic N) is 3. The van der Waals surface area contributed by atoms with Crippen molar-refractivity contribution in [3.63, 3.8) is 0 Å². The predicted molar refractivity (Wildman–Crippen MR) is 102 cm³/mol. The Morgan fingerprint density at radius 3 is 2.65 bits per heavy atom. The van der Waals surface area contributed by atoms with Crippen LogP contribution < -0.4 is 5.32 Å². The molecule has 2 amide bonds. The molecule has 3 rings (SSSR count). The van der Waals surface area contributed by atoms with Gasteiger partial charge in [0, 0.05) is 20.0 Å². The molecule has 0 bridgehead atoms. The summed E-state index contributed by atoms with van der Waals surface area (Å²) in [6.07, 6.45) is 5.83. The van der Waals surface area contributed by atoms with E-state index in [0.717, 1.165) is 23.9 Å². The minimum atomic E-state index is -0.257. The number of imidazole rings is 1. The van der Waals surface area contributed by atoms with Gasteiger partial charge in [-0.15, -0.1) is 0 Å². The monoisotopic (exact) mass is 356 g/mol. The van der Waals surface area contributed by atoms with Crippen LogP contribution in [0.15, 0.2) is 24.3 Å². The van der Waals surface area contributed by atoms with Crippen LogP contribution in [0.25, 0.3) is 11.0 Å². The number of fused-ring (bicyclic) bond motifs is 1. The molecule has 6 heteroatoms. The molecule has 1 aliphatic rings. The van der Waals surface area contributed by atoms with Gasteiger partial charge in [0.2, 0.25) is 11.8 Å². The maximum Gasteiger partial charge on any atom is 0.242 e. The van der Waals surface area contributed by atoms with Crippen LogP contribution in [-0.4, -0.2) is 39.4 Å². The molecule has 26 heavy (non-hydrogen) atoms. The average molecular weight is 356 g/mol. The zero-order valence-corrected chi connectivity index (χ0v) is 15.9. The van der Waals surface area contributed by atoms with E-state index in [1.807, 2.05) is 47.7 Å². The first-order chi connectivity index (χ1) is 12.5. The van der Waals surface area contributed by atoms with Gasteiger partial charge < -0.3 is 14.8 Å². The minimum Gasteiger partial charge on any atom is -0.347 e. The van der Waals surface area contributed by atoms with E-state index in [9.17, 15) is 9.59 Å².